The molecule has 1 atom stereocenters. The average molecular weight is 530 g/mol. The van der Waals surface area contributed by atoms with E-state index in [0.717, 1.165) is 29.8 Å². The van der Waals surface area contributed by atoms with Gasteiger partial charge in [-0.1, -0.05) is 83.3 Å². The largest absolute Gasteiger partial charge is 0.463 e. The van der Waals surface area contributed by atoms with E-state index in [1.54, 1.807) is 6.92 Å². The van der Waals surface area contributed by atoms with Gasteiger partial charge in [0.05, 0.1) is 18.2 Å². The Morgan fingerprint density at radius 2 is 1.59 bits per heavy atom. The number of allylic oxidation sites excluding steroid dienone is 1. The second-order valence-electron chi connectivity index (χ2n) is 9.81. The Labute approximate surface area is 229 Å². The number of hydrogen-bond donors (Lipinski definition) is 2. The van der Waals surface area contributed by atoms with Gasteiger partial charge in [-0.2, -0.15) is 0 Å². The summed E-state index contributed by atoms with van der Waals surface area (Å²) < 4.78 is 5.36. The van der Waals surface area contributed by atoms with E-state index < -0.39 is 6.04 Å². The molecule has 1 aliphatic heterocycles. The summed E-state index contributed by atoms with van der Waals surface area (Å²) in [6.07, 6.45) is 14.4. The molecule has 6 nitrogen and oxygen atoms in total. The van der Waals surface area contributed by atoms with Gasteiger partial charge >= 0.3 is 5.97 Å². The molecular weight excluding hydrogens is 482 g/mol. The van der Waals surface area contributed by atoms with Gasteiger partial charge in [-0.3, -0.25) is 4.79 Å². The number of nitrogens with one attached hydrogen (secondary N) is 2. The molecule has 2 N–H and O–H groups in total. The smallest absolute Gasteiger partial charge is 0.338 e. The molecule has 0 bridgehead atoms. The van der Waals surface area contributed by atoms with Gasteiger partial charge in [0.2, 0.25) is 5.91 Å². The first-order valence-corrected chi connectivity index (χ1v) is 14.7. The zero-order chi connectivity index (χ0) is 27.0. The highest BCUT2D eigenvalue weighted by Gasteiger charge is 2.34. The summed E-state index contributed by atoms with van der Waals surface area (Å²) in [6, 6.07) is 7.18. The van der Waals surface area contributed by atoms with Crippen LogP contribution in [-0.2, 0) is 14.3 Å². The molecule has 1 aliphatic rings. The van der Waals surface area contributed by atoms with Crippen molar-refractivity contribution in [2.24, 2.45) is 0 Å². The molecule has 0 spiro atoms. The highest BCUT2D eigenvalue weighted by Crippen LogP contribution is 2.32. The molecule has 0 saturated heterocycles. The summed E-state index contributed by atoms with van der Waals surface area (Å²) in [7, 11) is 0. The number of benzene rings is 1. The predicted octanol–water partition coefficient (Wildman–Crippen LogP) is 7.41. The molecular formula is C30H47N3O3S. The minimum absolute atomic E-state index is 0.0229. The maximum Gasteiger partial charge on any atom is 0.338 e. The summed E-state index contributed by atoms with van der Waals surface area (Å²) in [6.45, 7) is 8.90. The van der Waals surface area contributed by atoms with Crippen molar-refractivity contribution in [3.05, 3.63) is 41.1 Å². The van der Waals surface area contributed by atoms with Crippen LogP contribution in [0.15, 0.2) is 35.5 Å². The molecule has 0 saturated carbocycles. The van der Waals surface area contributed by atoms with Crippen LogP contribution in [0.5, 0.6) is 0 Å². The zero-order valence-corrected chi connectivity index (χ0v) is 24.2. The summed E-state index contributed by atoms with van der Waals surface area (Å²) >= 11 is 5.56. The lowest BCUT2D eigenvalue weighted by atomic mass is 9.94. The van der Waals surface area contributed by atoms with Crippen LogP contribution in [0.4, 0.5) is 5.69 Å². The minimum Gasteiger partial charge on any atom is -0.463 e. The van der Waals surface area contributed by atoms with E-state index in [1.165, 1.54) is 57.8 Å². The quantitative estimate of drug-likeness (QED) is 0.124. The number of esters is 1. The van der Waals surface area contributed by atoms with Crippen molar-refractivity contribution in [3.8, 4) is 0 Å². The molecule has 7 heteroatoms. The Morgan fingerprint density at radius 3 is 2.19 bits per heavy atom. The van der Waals surface area contributed by atoms with Gasteiger partial charge < -0.3 is 20.3 Å². The summed E-state index contributed by atoms with van der Waals surface area (Å²) in [5, 5.41) is 6.89. The van der Waals surface area contributed by atoms with E-state index in [4.69, 9.17) is 17.0 Å². The van der Waals surface area contributed by atoms with E-state index in [0.29, 0.717) is 30.3 Å². The van der Waals surface area contributed by atoms with E-state index in [1.807, 2.05) is 43.0 Å². The number of rotatable bonds is 17. The maximum atomic E-state index is 12.8. The Morgan fingerprint density at radius 1 is 0.973 bits per heavy atom. The molecule has 1 heterocycles. The topological polar surface area (TPSA) is 70.7 Å². The number of anilines is 1. The summed E-state index contributed by atoms with van der Waals surface area (Å²) in [5.41, 5.74) is 2.91. The van der Waals surface area contributed by atoms with Gasteiger partial charge in [0, 0.05) is 24.4 Å². The molecule has 1 amide bonds. The van der Waals surface area contributed by atoms with Gasteiger partial charge in [0.1, 0.15) is 0 Å². The molecule has 206 valence electrons. The fraction of sp³-hybridized carbons (Fsp3) is 0.633. The summed E-state index contributed by atoms with van der Waals surface area (Å²) in [4.78, 5) is 27.3. The van der Waals surface area contributed by atoms with Gasteiger partial charge in [-0.15, -0.1) is 0 Å². The normalized spacial score (nSPS) is 15.5. The third-order valence-corrected chi connectivity index (χ3v) is 7.26. The number of carbonyl (C=O) groups is 2. The first-order chi connectivity index (χ1) is 17.9. The minimum atomic E-state index is -0.433. The molecule has 37 heavy (non-hydrogen) atoms. The second-order valence-corrected chi connectivity index (χ2v) is 10.2. The van der Waals surface area contributed by atoms with Crippen LogP contribution in [0.1, 0.15) is 116 Å². The Hall–Kier alpha value is -2.41. The van der Waals surface area contributed by atoms with Crippen LogP contribution >= 0.6 is 12.2 Å². The number of unbranched alkanes of at least 4 members (excludes halogenated alkanes) is 10. The molecule has 1 unspecified atom stereocenters. The Kier molecular flexibility index (Phi) is 14.3. The molecule has 2 rings (SSSR count). The van der Waals surface area contributed by atoms with E-state index in [9.17, 15) is 9.59 Å². The lowest BCUT2D eigenvalue weighted by Crippen LogP contribution is -2.47. The van der Waals surface area contributed by atoms with E-state index in [2.05, 4.69) is 17.6 Å². The van der Waals surface area contributed by atoms with Crippen LogP contribution in [-0.4, -0.2) is 35.0 Å². The van der Waals surface area contributed by atoms with Crippen LogP contribution in [0, 0.1) is 0 Å². The lowest BCUT2D eigenvalue weighted by molar-refractivity contribution is -0.139. The van der Waals surface area contributed by atoms with Crippen molar-refractivity contribution in [1.29, 1.82) is 0 Å². The van der Waals surface area contributed by atoms with Crippen LogP contribution in [0.3, 0.4) is 0 Å². The highest BCUT2D eigenvalue weighted by molar-refractivity contribution is 7.80. The first kappa shape index (κ1) is 30.8. The number of nitrogens with zero attached hydrogens (tertiary/aromatic N) is 1. The number of amides is 1. The number of ether oxygens (including phenoxy) is 1. The second kappa shape index (κ2) is 17.2. The van der Waals surface area contributed by atoms with Crippen molar-refractivity contribution in [2.75, 3.05) is 18.5 Å². The monoisotopic (exact) mass is 529 g/mol. The predicted molar refractivity (Wildman–Crippen MR) is 156 cm³/mol. The molecule has 1 aromatic rings. The zero-order valence-electron chi connectivity index (χ0n) is 23.4. The fourth-order valence-electron chi connectivity index (χ4n) is 4.85. The van der Waals surface area contributed by atoms with Crippen LogP contribution in [0.25, 0.3) is 0 Å². The highest BCUT2D eigenvalue weighted by atomic mass is 32.1. The van der Waals surface area contributed by atoms with Crippen molar-refractivity contribution in [3.63, 3.8) is 0 Å². The van der Waals surface area contributed by atoms with Crippen LogP contribution in [0.2, 0.25) is 0 Å². The van der Waals surface area contributed by atoms with Crippen molar-refractivity contribution < 1.29 is 14.3 Å². The Bertz CT molecular complexity index is 915. The van der Waals surface area contributed by atoms with Gasteiger partial charge in [-0.25, -0.2) is 4.79 Å². The lowest BCUT2D eigenvalue weighted by Gasteiger charge is -2.37. The van der Waals surface area contributed by atoms with Crippen molar-refractivity contribution in [1.82, 2.24) is 10.2 Å². The third-order valence-electron chi connectivity index (χ3n) is 6.92. The molecule has 1 aromatic carbocycles. The van der Waals surface area contributed by atoms with Gasteiger partial charge in [0.15, 0.2) is 5.11 Å². The van der Waals surface area contributed by atoms with Crippen molar-refractivity contribution in [2.45, 2.75) is 111 Å². The van der Waals surface area contributed by atoms with E-state index in [-0.39, 0.29) is 11.9 Å². The Balaban J connectivity index is 1.87. The number of carbonyl (C=O) groups excluding carboxylic acids is 2. The van der Waals surface area contributed by atoms with Crippen LogP contribution < -0.4 is 10.6 Å². The SMILES string of the molecule is CCCCCCCCCCCCCC(=O)Nc1cccc(C2NC(=S)N(CC)C(C)=C2C(=O)OCC)c1. The third kappa shape index (κ3) is 10.1. The maximum absolute atomic E-state index is 12.8. The first-order valence-electron chi connectivity index (χ1n) is 14.3. The van der Waals surface area contributed by atoms with E-state index >= 15 is 0 Å². The molecule has 0 radical (unpaired) electrons. The number of thiocarbonyl (C=S) groups is 1. The molecule has 0 fully saturated rings. The summed E-state index contributed by atoms with van der Waals surface area (Å²) in [5.74, 6) is -0.334. The van der Waals surface area contributed by atoms with Crippen molar-refractivity contribution >= 4 is 34.9 Å². The molecule has 0 aromatic heterocycles. The van der Waals surface area contributed by atoms with Gasteiger partial charge in [-0.05, 0) is 57.1 Å². The molecule has 0 aliphatic carbocycles. The van der Waals surface area contributed by atoms with Gasteiger partial charge in [0.25, 0.3) is 0 Å². The fourth-order valence-corrected chi connectivity index (χ4v) is 5.24. The number of hydrogen-bond acceptors (Lipinski definition) is 4. The average Bonchev–Trinajstić information content (AvgIpc) is 2.87. The standard InChI is InChI=1S/C30H47N3O3S/c1-5-8-9-10-11-12-13-14-15-16-17-21-26(34)31-25-20-18-19-24(22-25)28-27(29(35)36-7-3)23(4)33(6-2)30(37)32-28/h18-20,22,28H,5-17,21H2,1-4H3,(H,31,34)(H,32,37).